The first-order valence-corrected chi connectivity index (χ1v) is 6.15. The molecule has 2 amide bonds. The van der Waals surface area contributed by atoms with Gasteiger partial charge in [-0.25, -0.2) is 5.06 Å². The number of halogens is 3. The third kappa shape index (κ3) is 3.72. The van der Waals surface area contributed by atoms with Gasteiger partial charge in [0.05, 0.1) is 0 Å². The van der Waals surface area contributed by atoms with Gasteiger partial charge in [-0.3, -0.25) is 14.4 Å². The Hall–Kier alpha value is -2.09. The molecular weight excluding hydrogens is 289 g/mol. The van der Waals surface area contributed by atoms with E-state index in [1.165, 1.54) is 0 Å². The number of hydrogen-bond acceptors (Lipinski definition) is 3. The molecule has 0 aliphatic carbocycles. The Morgan fingerprint density at radius 1 is 1.43 bits per heavy atom. The van der Waals surface area contributed by atoms with Gasteiger partial charge in [-0.2, -0.15) is 13.2 Å². The largest absolute Gasteiger partial charge is 0.408 e. The lowest BCUT2D eigenvalue weighted by molar-refractivity contribution is -0.214. The van der Waals surface area contributed by atoms with Crippen LogP contribution in [0.3, 0.4) is 0 Å². The summed E-state index contributed by atoms with van der Waals surface area (Å²) >= 11 is 0. The summed E-state index contributed by atoms with van der Waals surface area (Å²) in [6, 6.07) is 5.58. The second-order valence-corrected chi connectivity index (χ2v) is 4.63. The molecule has 1 aliphatic heterocycles. The number of carbonyl (C=O) groups excluding carboxylic acids is 2. The zero-order valence-electron chi connectivity index (χ0n) is 11.1. The molecule has 1 N–H and O–H groups in total. The lowest BCUT2D eigenvalue weighted by atomic mass is 10.1. The smallest absolute Gasteiger partial charge is 0.338 e. The Kier molecular flexibility index (Phi) is 4.17. The van der Waals surface area contributed by atoms with Gasteiger partial charge in [0.1, 0.15) is 19.2 Å². The summed E-state index contributed by atoms with van der Waals surface area (Å²) in [5.41, 5.74) is 1.06. The molecule has 2 rings (SSSR count). The first-order chi connectivity index (χ1) is 9.78. The number of amides is 2. The summed E-state index contributed by atoms with van der Waals surface area (Å²) < 4.78 is 36.7. The van der Waals surface area contributed by atoms with Crippen molar-refractivity contribution in [3.05, 3.63) is 35.4 Å². The minimum atomic E-state index is -4.55. The SMILES string of the molecule is Cc1ccccc1C(=O)N[C@@H]1CON(CC(F)(F)F)C1=O. The number of benzene rings is 1. The van der Waals surface area contributed by atoms with E-state index in [9.17, 15) is 22.8 Å². The second kappa shape index (κ2) is 5.72. The van der Waals surface area contributed by atoms with Crippen molar-refractivity contribution in [3.63, 3.8) is 0 Å². The standard InChI is InChI=1S/C13H13F3N2O3/c1-8-4-2-3-5-9(8)11(19)17-10-6-21-18(12(10)20)7-13(14,15)16/h2-5,10H,6-7H2,1H3,(H,17,19)/t10-/m1/s1. The average Bonchev–Trinajstić information content (AvgIpc) is 2.70. The fourth-order valence-corrected chi connectivity index (χ4v) is 1.93. The van der Waals surface area contributed by atoms with Gasteiger partial charge >= 0.3 is 6.18 Å². The highest BCUT2D eigenvalue weighted by Gasteiger charge is 2.41. The number of hydrogen-bond donors (Lipinski definition) is 1. The number of hydroxylamine groups is 2. The molecule has 1 aliphatic rings. The number of carbonyl (C=O) groups is 2. The molecular formula is C13H13F3N2O3. The van der Waals surface area contributed by atoms with Gasteiger partial charge in [-0.15, -0.1) is 0 Å². The van der Waals surface area contributed by atoms with Gasteiger partial charge in [-0.05, 0) is 18.6 Å². The van der Waals surface area contributed by atoms with E-state index >= 15 is 0 Å². The van der Waals surface area contributed by atoms with Crippen molar-refractivity contribution in [3.8, 4) is 0 Å². The minimum absolute atomic E-state index is 0.225. The van der Waals surface area contributed by atoms with Gasteiger partial charge in [0.15, 0.2) is 0 Å². The Bertz CT molecular complexity index is 560. The number of alkyl halides is 3. The Balaban J connectivity index is 2.00. The van der Waals surface area contributed by atoms with Crippen LogP contribution in [0.25, 0.3) is 0 Å². The quantitative estimate of drug-likeness (QED) is 0.919. The lowest BCUT2D eigenvalue weighted by Crippen LogP contribution is -2.44. The van der Waals surface area contributed by atoms with Crippen LogP contribution in [0.2, 0.25) is 0 Å². The molecule has 5 nitrogen and oxygen atoms in total. The zero-order chi connectivity index (χ0) is 15.6. The van der Waals surface area contributed by atoms with Gasteiger partial charge in [0.2, 0.25) is 0 Å². The van der Waals surface area contributed by atoms with Gasteiger partial charge in [0.25, 0.3) is 11.8 Å². The third-order valence-corrected chi connectivity index (χ3v) is 2.96. The van der Waals surface area contributed by atoms with Crippen LogP contribution in [-0.2, 0) is 9.63 Å². The molecule has 1 aromatic carbocycles. The highest BCUT2D eigenvalue weighted by Crippen LogP contribution is 2.20. The first kappa shape index (κ1) is 15.3. The first-order valence-electron chi connectivity index (χ1n) is 6.15. The molecule has 1 aromatic rings. The minimum Gasteiger partial charge on any atom is -0.338 e. The summed E-state index contributed by atoms with van der Waals surface area (Å²) in [6.45, 7) is -0.0903. The molecule has 8 heteroatoms. The number of aryl methyl sites for hydroxylation is 1. The topological polar surface area (TPSA) is 58.6 Å². The van der Waals surface area contributed by atoms with Gasteiger partial charge in [-0.1, -0.05) is 18.2 Å². The molecule has 0 bridgehead atoms. The fraction of sp³-hybridized carbons (Fsp3) is 0.385. The van der Waals surface area contributed by atoms with Crippen LogP contribution >= 0.6 is 0 Å². The predicted octanol–water partition coefficient (Wildman–Crippen LogP) is 1.43. The van der Waals surface area contributed by atoms with Crippen LogP contribution in [0.4, 0.5) is 13.2 Å². The van der Waals surface area contributed by atoms with Crippen molar-refractivity contribution in [2.45, 2.75) is 19.1 Å². The zero-order valence-corrected chi connectivity index (χ0v) is 11.1. The van der Waals surface area contributed by atoms with Crippen LogP contribution in [0, 0.1) is 6.92 Å². The lowest BCUT2D eigenvalue weighted by Gasteiger charge is -2.16. The average molecular weight is 302 g/mol. The van der Waals surface area contributed by atoms with Crippen molar-refractivity contribution in [1.82, 2.24) is 10.4 Å². The number of nitrogens with zero attached hydrogens (tertiary/aromatic N) is 1. The summed E-state index contributed by atoms with van der Waals surface area (Å²) in [5.74, 6) is -1.43. The summed E-state index contributed by atoms with van der Waals surface area (Å²) in [7, 11) is 0. The highest BCUT2D eigenvalue weighted by molar-refractivity contribution is 5.98. The maximum atomic E-state index is 12.2. The molecule has 1 heterocycles. The molecule has 0 aromatic heterocycles. The van der Waals surface area contributed by atoms with Crippen LogP contribution < -0.4 is 5.32 Å². The predicted molar refractivity (Wildman–Crippen MR) is 66.2 cm³/mol. The van der Waals surface area contributed by atoms with E-state index < -0.39 is 30.6 Å². The molecule has 0 spiro atoms. The molecule has 1 atom stereocenters. The van der Waals surface area contributed by atoms with E-state index in [1.807, 2.05) is 0 Å². The van der Waals surface area contributed by atoms with Crippen molar-refractivity contribution in [2.24, 2.45) is 0 Å². The molecule has 1 fully saturated rings. The van der Waals surface area contributed by atoms with Crippen molar-refractivity contribution in [1.29, 1.82) is 0 Å². The second-order valence-electron chi connectivity index (χ2n) is 4.63. The van der Waals surface area contributed by atoms with Crippen LogP contribution in [-0.4, -0.2) is 42.2 Å². The molecule has 1 saturated heterocycles. The van der Waals surface area contributed by atoms with Crippen LogP contribution in [0.15, 0.2) is 24.3 Å². The van der Waals surface area contributed by atoms with Gasteiger partial charge < -0.3 is 5.32 Å². The number of nitrogens with one attached hydrogen (secondary N) is 1. The molecule has 0 radical (unpaired) electrons. The number of rotatable bonds is 3. The van der Waals surface area contributed by atoms with E-state index in [1.54, 1.807) is 31.2 Å². The summed E-state index contributed by atoms with van der Waals surface area (Å²) in [4.78, 5) is 28.4. The van der Waals surface area contributed by atoms with E-state index in [0.29, 0.717) is 11.1 Å². The van der Waals surface area contributed by atoms with Crippen molar-refractivity contribution >= 4 is 11.8 Å². The Labute approximate surface area is 118 Å². The molecule has 21 heavy (non-hydrogen) atoms. The molecule has 114 valence electrons. The van der Waals surface area contributed by atoms with E-state index in [4.69, 9.17) is 0 Å². The maximum Gasteiger partial charge on any atom is 0.408 e. The fourth-order valence-electron chi connectivity index (χ4n) is 1.93. The van der Waals surface area contributed by atoms with Crippen molar-refractivity contribution < 1.29 is 27.6 Å². The van der Waals surface area contributed by atoms with Crippen LogP contribution in [0.5, 0.6) is 0 Å². The van der Waals surface area contributed by atoms with Crippen molar-refractivity contribution in [2.75, 3.05) is 13.2 Å². The molecule has 0 saturated carbocycles. The van der Waals surface area contributed by atoms with Gasteiger partial charge in [0, 0.05) is 5.56 Å². The van der Waals surface area contributed by atoms with E-state index in [-0.39, 0.29) is 11.7 Å². The maximum absolute atomic E-state index is 12.2. The Morgan fingerprint density at radius 3 is 2.71 bits per heavy atom. The highest BCUT2D eigenvalue weighted by atomic mass is 19.4. The van der Waals surface area contributed by atoms with E-state index in [0.717, 1.165) is 0 Å². The van der Waals surface area contributed by atoms with Crippen LogP contribution in [0.1, 0.15) is 15.9 Å². The molecule has 0 unspecified atom stereocenters. The third-order valence-electron chi connectivity index (χ3n) is 2.96. The van der Waals surface area contributed by atoms with E-state index in [2.05, 4.69) is 10.2 Å². The summed E-state index contributed by atoms with van der Waals surface area (Å²) in [6.07, 6.45) is -4.55. The monoisotopic (exact) mass is 302 g/mol. The Morgan fingerprint density at radius 2 is 2.10 bits per heavy atom. The normalized spacial score (nSPS) is 19.0. The summed E-state index contributed by atoms with van der Waals surface area (Å²) in [5, 5.41) is 2.60.